The van der Waals surface area contributed by atoms with Crippen molar-refractivity contribution in [3.63, 3.8) is 0 Å². The standard InChI is InChI=1S/C22H22Cl2IN5O2S/c1-4-30-20(13(3)26-21(32)16-7-5-14(23)10-17(16)24)28-29-22(30)33-11-19(31)27-18-8-6-15(25)9-12(18)2/h5-10,13H,4,11H2,1-3H3,(H,26,32)(H,27,31)/t13-/m0/s1. The van der Waals surface area contributed by atoms with Crippen molar-refractivity contribution in [3.8, 4) is 0 Å². The van der Waals surface area contributed by atoms with Gasteiger partial charge in [0.15, 0.2) is 11.0 Å². The fourth-order valence-corrected chi connectivity index (χ4v) is 5.07. The van der Waals surface area contributed by atoms with Gasteiger partial charge in [0.05, 0.1) is 22.4 Å². The number of carbonyl (C=O) groups is 2. The van der Waals surface area contributed by atoms with Crippen LogP contribution in [0.4, 0.5) is 5.69 Å². The largest absolute Gasteiger partial charge is 0.342 e. The number of carbonyl (C=O) groups excluding carboxylic acids is 2. The highest BCUT2D eigenvalue weighted by Crippen LogP contribution is 2.24. The first-order valence-corrected chi connectivity index (χ1v) is 12.9. The summed E-state index contributed by atoms with van der Waals surface area (Å²) in [6, 6.07) is 10.1. The van der Waals surface area contributed by atoms with Crippen LogP contribution < -0.4 is 10.6 Å². The second-order valence-electron chi connectivity index (χ2n) is 7.20. The summed E-state index contributed by atoms with van der Waals surface area (Å²) in [6.07, 6.45) is 0. The van der Waals surface area contributed by atoms with E-state index in [4.69, 9.17) is 23.2 Å². The highest BCUT2D eigenvalue weighted by Gasteiger charge is 2.21. The van der Waals surface area contributed by atoms with Crippen molar-refractivity contribution in [2.24, 2.45) is 0 Å². The lowest BCUT2D eigenvalue weighted by Gasteiger charge is -2.15. The molecule has 0 saturated carbocycles. The van der Waals surface area contributed by atoms with Gasteiger partial charge in [-0.05, 0) is 85.3 Å². The van der Waals surface area contributed by atoms with Gasteiger partial charge in [0.1, 0.15) is 0 Å². The number of halogens is 3. The number of benzene rings is 2. The molecule has 3 rings (SSSR count). The fraction of sp³-hybridized carbons (Fsp3) is 0.273. The lowest BCUT2D eigenvalue weighted by Crippen LogP contribution is -2.29. The van der Waals surface area contributed by atoms with Gasteiger partial charge in [0.25, 0.3) is 5.91 Å². The molecular weight excluding hydrogens is 596 g/mol. The van der Waals surface area contributed by atoms with E-state index in [1.165, 1.54) is 17.8 Å². The molecule has 1 aromatic heterocycles. The molecule has 7 nitrogen and oxygen atoms in total. The summed E-state index contributed by atoms with van der Waals surface area (Å²) in [7, 11) is 0. The molecule has 3 aromatic rings. The Balaban J connectivity index is 1.65. The first-order chi connectivity index (χ1) is 15.7. The highest BCUT2D eigenvalue weighted by atomic mass is 127. The monoisotopic (exact) mass is 617 g/mol. The summed E-state index contributed by atoms with van der Waals surface area (Å²) in [4.78, 5) is 25.1. The molecule has 1 atom stereocenters. The van der Waals surface area contributed by atoms with Crippen LogP contribution in [0, 0.1) is 10.5 Å². The Bertz CT molecular complexity index is 1190. The molecule has 0 saturated heterocycles. The van der Waals surface area contributed by atoms with E-state index < -0.39 is 6.04 Å². The molecule has 11 heteroatoms. The van der Waals surface area contributed by atoms with Crippen LogP contribution in [0.3, 0.4) is 0 Å². The maximum atomic E-state index is 12.6. The zero-order chi connectivity index (χ0) is 24.1. The highest BCUT2D eigenvalue weighted by molar-refractivity contribution is 14.1. The molecule has 0 fully saturated rings. The zero-order valence-corrected chi connectivity index (χ0v) is 22.6. The normalized spacial score (nSPS) is 11.8. The lowest BCUT2D eigenvalue weighted by molar-refractivity contribution is -0.113. The van der Waals surface area contributed by atoms with Crippen LogP contribution in [0.1, 0.15) is 41.6 Å². The van der Waals surface area contributed by atoms with Gasteiger partial charge < -0.3 is 15.2 Å². The maximum Gasteiger partial charge on any atom is 0.253 e. The molecule has 0 radical (unpaired) electrons. The minimum Gasteiger partial charge on any atom is -0.342 e. The van der Waals surface area contributed by atoms with Crippen LogP contribution in [0.15, 0.2) is 41.6 Å². The number of thioether (sulfide) groups is 1. The number of hydrogen-bond acceptors (Lipinski definition) is 5. The average molecular weight is 618 g/mol. The van der Waals surface area contributed by atoms with E-state index in [2.05, 4.69) is 43.4 Å². The number of nitrogens with zero attached hydrogens (tertiary/aromatic N) is 3. The van der Waals surface area contributed by atoms with Crippen molar-refractivity contribution in [2.45, 2.75) is 38.5 Å². The molecule has 0 aliphatic carbocycles. The van der Waals surface area contributed by atoms with Crippen molar-refractivity contribution in [1.29, 1.82) is 0 Å². The van der Waals surface area contributed by atoms with Crippen molar-refractivity contribution < 1.29 is 9.59 Å². The minimum atomic E-state index is -0.422. The molecule has 0 unspecified atom stereocenters. The second kappa shape index (κ2) is 11.5. The number of hydrogen-bond donors (Lipinski definition) is 2. The van der Waals surface area contributed by atoms with E-state index in [9.17, 15) is 9.59 Å². The first kappa shape index (κ1) is 25.8. The Hall–Kier alpha value is -1.82. The van der Waals surface area contributed by atoms with Crippen LogP contribution in [0.5, 0.6) is 0 Å². The minimum absolute atomic E-state index is 0.129. The molecular formula is C22H22Cl2IN5O2S. The van der Waals surface area contributed by atoms with Crippen LogP contribution in [-0.4, -0.2) is 32.3 Å². The molecule has 0 aliphatic rings. The molecule has 33 heavy (non-hydrogen) atoms. The van der Waals surface area contributed by atoms with Gasteiger partial charge in [-0.3, -0.25) is 9.59 Å². The topological polar surface area (TPSA) is 88.9 Å². The van der Waals surface area contributed by atoms with E-state index in [0.717, 1.165) is 14.8 Å². The van der Waals surface area contributed by atoms with Gasteiger partial charge >= 0.3 is 0 Å². The fourth-order valence-electron chi connectivity index (χ4n) is 3.12. The second-order valence-corrected chi connectivity index (χ2v) is 10.2. The average Bonchev–Trinajstić information content (AvgIpc) is 3.17. The van der Waals surface area contributed by atoms with Crippen molar-refractivity contribution >= 4 is 75.1 Å². The molecule has 174 valence electrons. The number of aromatic nitrogens is 3. The van der Waals surface area contributed by atoms with Crippen LogP contribution in [-0.2, 0) is 11.3 Å². The van der Waals surface area contributed by atoms with Crippen molar-refractivity contribution in [1.82, 2.24) is 20.1 Å². The van der Waals surface area contributed by atoms with Crippen molar-refractivity contribution in [2.75, 3.05) is 11.1 Å². The summed E-state index contributed by atoms with van der Waals surface area (Å²) in [5.41, 5.74) is 2.12. The Kier molecular flexibility index (Phi) is 9.02. The summed E-state index contributed by atoms with van der Waals surface area (Å²) < 4.78 is 2.99. The molecule has 2 aromatic carbocycles. The van der Waals surface area contributed by atoms with E-state index in [1.54, 1.807) is 12.1 Å². The smallest absolute Gasteiger partial charge is 0.253 e. The van der Waals surface area contributed by atoms with Gasteiger partial charge in [0.2, 0.25) is 5.91 Å². The molecule has 2 amide bonds. The van der Waals surface area contributed by atoms with Crippen LogP contribution in [0.2, 0.25) is 10.0 Å². The number of amides is 2. The Labute approximate surface area is 220 Å². The summed E-state index contributed by atoms with van der Waals surface area (Å²) in [5, 5.41) is 15.6. The maximum absolute atomic E-state index is 12.6. The summed E-state index contributed by atoms with van der Waals surface area (Å²) in [5.74, 6) is 0.309. The Morgan fingerprint density at radius 2 is 1.94 bits per heavy atom. The van der Waals surface area contributed by atoms with Gasteiger partial charge in [-0.15, -0.1) is 10.2 Å². The zero-order valence-electron chi connectivity index (χ0n) is 18.2. The molecule has 2 N–H and O–H groups in total. The third-order valence-electron chi connectivity index (χ3n) is 4.77. The van der Waals surface area contributed by atoms with E-state index in [0.29, 0.717) is 28.1 Å². The summed E-state index contributed by atoms with van der Waals surface area (Å²) in [6.45, 7) is 6.32. The molecule has 1 heterocycles. The molecule has 0 aliphatic heterocycles. The predicted octanol–water partition coefficient (Wildman–Crippen LogP) is 5.74. The van der Waals surface area contributed by atoms with Gasteiger partial charge in [-0.25, -0.2) is 0 Å². The number of anilines is 1. The van der Waals surface area contributed by atoms with E-state index >= 15 is 0 Å². The SMILES string of the molecule is CCn1c(SCC(=O)Nc2ccc(I)cc2C)nnc1[C@H](C)NC(=O)c1ccc(Cl)cc1Cl. The quantitative estimate of drug-likeness (QED) is 0.249. The van der Waals surface area contributed by atoms with E-state index in [1.807, 2.05) is 43.5 Å². The Morgan fingerprint density at radius 1 is 1.18 bits per heavy atom. The van der Waals surface area contributed by atoms with Gasteiger partial charge in [0, 0.05) is 20.8 Å². The number of rotatable bonds is 8. The molecule has 0 spiro atoms. The van der Waals surface area contributed by atoms with Gasteiger partial charge in [-0.1, -0.05) is 35.0 Å². The van der Waals surface area contributed by atoms with E-state index in [-0.39, 0.29) is 22.6 Å². The number of nitrogens with one attached hydrogen (secondary N) is 2. The van der Waals surface area contributed by atoms with Crippen LogP contribution in [0.25, 0.3) is 0 Å². The van der Waals surface area contributed by atoms with Gasteiger partial charge in [-0.2, -0.15) is 0 Å². The Morgan fingerprint density at radius 3 is 2.61 bits per heavy atom. The summed E-state index contributed by atoms with van der Waals surface area (Å²) >= 11 is 15.6. The predicted molar refractivity (Wildman–Crippen MR) is 141 cm³/mol. The first-order valence-electron chi connectivity index (χ1n) is 10.1. The third kappa shape index (κ3) is 6.62. The number of aryl methyl sites for hydroxylation is 1. The third-order valence-corrected chi connectivity index (χ3v) is 6.95. The van der Waals surface area contributed by atoms with Crippen molar-refractivity contribution in [3.05, 3.63) is 67.0 Å². The molecule has 0 bridgehead atoms. The van der Waals surface area contributed by atoms with Crippen LogP contribution >= 0.6 is 57.6 Å². The lowest BCUT2D eigenvalue weighted by atomic mass is 10.2.